The van der Waals surface area contributed by atoms with E-state index in [9.17, 15) is 27.6 Å². The Morgan fingerprint density at radius 1 is 1.23 bits per heavy atom. The Balaban J connectivity index is 1.94. The van der Waals surface area contributed by atoms with Gasteiger partial charge in [-0.1, -0.05) is 6.07 Å². The van der Waals surface area contributed by atoms with Crippen LogP contribution in [-0.2, 0) is 12.6 Å². The third-order valence-electron chi connectivity index (χ3n) is 4.30. The predicted octanol–water partition coefficient (Wildman–Crippen LogP) is 1.47. The van der Waals surface area contributed by atoms with E-state index in [0.717, 1.165) is 12.1 Å². The number of hydrogen-bond acceptors (Lipinski definition) is 4. The summed E-state index contributed by atoms with van der Waals surface area (Å²) < 4.78 is 38.9. The van der Waals surface area contributed by atoms with Gasteiger partial charge < -0.3 is 16.0 Å². The first-order valence-electron chi connectivity index (χ1n) is 7.80. The molecule has 3 rings (SSSR count). The van der Waals surface area contributed by atoms with Gasteiger partial charge in [0.2, 0.25) is 0 Å². The van der Waals surface area contributed by atoms with Crippen molar-refractivity contribution in [2.45, 2.75) is 31.5 Å². The van der Waals surface area contributed by atoms with Crippen LogP contribution in [0.2, 0.25) is 0 Å². The van der Waals surface area contributed by atoms with Crippen LogP contribution in [0.3, 0.4) is 0 Å². The fourth-order valence-corrected chi connectivity index (χ4v) is 3.03. The summed E-state index contributed by atoms with van der Waals surface area (Å²) in [5.74, 6) is -0.832. The first-order valence-corrected chi connectivity index (χ1v) is 7.80. The highest BCUT2D eigenvalue weighted by molar-refractivity contribution is 5.97. The molecule has 1 unspecified atom stereocenters. The van der Waals surface area contributed by atoms with Crippen LogP contribution in [0.5, 0.6) is 0 Å². The molecule has 0 saturated carbocycles. The molecule has 2 aromatic rings. The van der Waals surface area contributed by atoms with Gasteiger partial charge >= 0.3 is 11.9 Å². The number of rotatable bonds is 2. The number of aromatic amines is 2. The molecule has 1 aromatic heterocycles. The first-order chi connectivity index (χ1) is 12.2. The summed E-state index contributed by atoms with van der Waals surface area (Å²) >= 11 is 0. The zero-order valence-corrected chi connectivity index (χ0v) is 13.4. The maximum absolute atomic E-state index is 13.0. The molecule has 10 heteroatoms. The first kappa shape index (κ1) is 17.8. The van der Waals surface area contributed by atoms with Crippen molar-refractivity contribution in [2.75, 3.05) is 5.73 Å². The molecule has 1 heterocycles. The number of halogens is 3. The van der Waals surface area contributed by atoms with E-state index < -0.39 is 46.3 Å². The van der Waals surface area contributed by atoms with Gasteiger partial charge in [-0.05, 0) is 42.5 Å². The molecule has 7 nitrogen and oxygen atoms in total. The summed E-state index contributed by atoms with van der Waals surface area (Å²) in [5, 5.41) is 2.56. The van der Waals surface area contributed by atoms with Gasteiger partial charge in [-0.2, -0.15) is 13.2 Å². The summed E-state index contributed by atoms with van der Waals surface area (Å²) in [6.45, 7) is 0. The lowest BCUT2D eigenvalue weighted by molar-refractivity contribution is -0.137. The van der Waals surface area contributed by atoms with E-state index in [4.69, 9.17) is 5.73 Å². The standard InChI is InChI=1S/C16H15F3N4O3/c17-16(18,19)8-5-4-7-2-1-3-10(9(7)6-8)21-14(25)12-11(20)13(24)23-15(26)22-12/h4-6,10H,1-3,20H2,(H,21,25)(H2,22,23,24,26). The predicted molar refractivity (Wildman–Crippen MR) is 86.7 cm³/mol. The molecule has 5 N–H and O–H groups in total. The maximum Gasteiger partial charge on any atom is 0.416 e. The number of alkyl halides is 3. The van der Waals surface area contributed by atoms with Crippen molar-refractivity contribution < 1.29 is 18.0 Å². The quantitative estimate of drug-likeness (QED) is 0.641. The highest BCUT2D eigenvalue weighted by Gasteiger charge is 2.33. The van der Waals surface area contributed by atoms with Crippen LogP contribution in [0.25, 0.3) is 0 Å². The second-order valence-corrected chi connectivity index (χ2v) is 6.03. The number of nitrogen functional groups attached to an aromatic ring is 1. The lowest BCUT2D eigenvalue weighted by Crippen LogP contribution is -2.36. The second kappa shape index (κ2) is 6.36. The molecular formula is C16H15F3N4O3. The minimum absolute atomic E-state index is 0.366. The zero-order chi connectivity index (χ0) is 19.1. The fraction of sp³-hybridized carbons (Fsp3) is 0.312. The highest BCUT2D eigenvalue weighted by atomic mass is 19.4. The van der Waals surface area contributed by atoms with E-state index >= 15 is 0 Å². The Morgan fingerprint density at radius 2 is 1.96 bits per heavy atom. The summed E-state index contributed by atoms with van der Waals surface area (Å²) in [6.07, 6.45) is -2.80. The number of anilines is 1. The number of hydrogen-bond donors (Lipinski definition) is 4. The van der Waals surface area contributed by atoms with E-state index in [0.29, 0.717) is 30.4 Å². The molecule has 0 saturated heterocycles. The van der Waals surface area contributed by atoms with Crippen molar-refractivity contribution in [3.05, 3.63) is 61.4 Å². The average Bonchev–Trinajstić information content (AvgIpc) is 2.57. The largest absolute Gasteiger partial charge is 0.416 e. The van der Waals surface area contributed by atoms with Gasteiger partial charge in [-0.25, -0.2) is 4.79 Å². The summed E-state index contributed by atoms with van der Waals surface area (Å²) in [7, 11) is 0. The van der Waals surface area contributed by atoms with Crippen LogP contribution in [0.1, 0.15) is 46.1 Å². The van der Waals surface area contributed by atoms with Crippen LogP contribution < -0.4 is 22.3 Å². The Labute approximate surface area is 144 Å². The van der Waals surface area contributed by atoms with Gasteiger partial charge in [0, 0.05) is 0 Å². The number of carbonyl (C=O) groups excluding carboxylic acids is 1. The van der Waals surface area contributed by atoms with E-state index in [2.05, 4.69) is 10.3 Å². The molecule has 0 aliphatic heterocycles. The van der Waals surface area contributed by atoms with Crippen molar-refractivity contribution >= 4 is 11.6 Å². The summed E-state index contributed by atoms with van der Waals surface area (Å²) in [6, 6.07) is 2.74. The average molecular weight is 368 g/mol. The Kier molecular flexibility index (Phi) is 4.34. The number of aryl methyl sites for hydroxylation is 1. The number of H-pyrrole nitrogens is 2. The lowest BCUT2D eigenvalue weighted by Gasteiger charge is -2.27. The minimum atomic E-state index is -4.50. The molecule has 0 bridgehead atoms. The van der Waals surface area contributed by atoms with Gasteiger partial charge in [-0.3, -0.25) is 14.6 Å². The number of amides is 1. The molecule has 138 valence electrons. The zero-order valence-electron chi connectivity index (χ0n) is 13.4. The van der Waals surface area contributed by atoms with E-state index in [1.54, 1.807) is 0 Å². The Hall–Kier alpha value is -3.04. The van der Waals surface area contributed by atoms with Gasteiger partial charge in [0.25, 0.3) is 11.5 Å². The molecule has 1 aromatic carbocycles. The number of benzene rings is 1. The molecule has 1 aliphatic carbocycles. The maximum atomic E-state index is 13.0. The number of nitrogens with one attached hydrogen (secondary N) is 3. The van der Waals surface area contributed by atoms with Crippen LogP contribution in [0.4, 0.5) is 18.9 Å². The smallest absolute Gasteiger partial charge is 0.392 e. The number of fused-ring (bicyclic) bond motifs is 1. The molecule has 1 amide bonds. The second-order valence-electron chi connectivity index (χ2n) is 6.03. The summed E-state index contributed by atoms with van der Waals surface area (Å²) in [4.78, 5) is 39.3. The van der Waals surface area contributed by atoms with E-state index in [-0.39, 0.29) is 0 Å². The molecule has 1 aliphatic rings. The number of aromatic nitrogens is 2. The van der Waals surface area contributed by atoms with Crippen LogP contribution >= 0.6 is 0 Å². The molecule has 0 radical (unpaired) electrons. The monoisotopic (exact) mass is 368 g/mol. The molecule has 0 spiro atoms. The topological polar surface area (TPSA) is 121 Å². The number of carbonyl (C=O) groups is 1. The molecule has 1 atom stereocenters. The van der Waals surface area contributed by atoms with Crippen LogP contribution in [0.15, 0.2) is 27.8 Å². The van der Waals surface area contributed by atoms with Crippen molar-refractivity contribution in [3.63, 3.8) is 0 Å². The van der Waals surface area contributed by atoms with Crippen molar-refractivity contribution in [1.82, 2.24) is 15.3 Å². The minimum Gasteiger partial charge on any atom is -0.392 e. The third kappa shape index (κ3) is 3.35. The van der Waals surface area contributed by atoms with E-state index in [1.165, 1.54) is 6.07 Å². The molecular weight excluding hydrogens is 353 g/mol. The van der Waals surface area contributed by atoms with Gasteiger partial charge in [-0.15, -0.1) is 0 Å². The lowest BCUT2D eigenvalue weighted by atomic mass is 9.86. The highest BCUT2D eigenvalue weighted by Crippen LogP contribution is 2.36. The summed E-state index contributed by atoms with van der Waals surface area (Å²) in [5.41, 5.74) is 3.07. The van der Waals surface area contributed by atoms with Gasteiger partial charge in [0.05, 0.1) is 11.6 Å². The van der Waals surface area contributed by atoms with Crippen molar-refractivity contribution in [3.8, 4) is 0 Å². The molecule has 0 fully saturated rings. The SMILES string of the molecule is Nc1c(C(=O)NC2CCCc3ccc(C(F)(F)F)cc32)[nH]c(=O)[nH]c1=O. The van der Waals surface area contributed by atoms with Gasteiger partial charge in [0.15, 0.2) is 0 Å². The molecule has 26 heavy (non-hydrogen) atoms. The van der Waals surface area contributed by atoms with Crippen LogP contribution in [0, 0.1) is 0 Å². The van der Waals surface area contributed by atoms with Crippen molar-refractivity contribution in [2.24, 2.45) is 0 Å². The number of nitrogens with two attached hydrogens (primary N) is 1. The fourth-order valence-electron chi connectivity index (χ4n) is 3.03. The Bertz CT molecular complexity index is 978. The Morgan fingerprint density at radius 3 is 2.65 bits per heavy atom. The van der Waals surface area contributed by atoms with Gasteiger partial charge in [0.1, 0.15) is 11.4 Å². The van der Waals surface area contributed by atoms with E-state index in [1.807, 2.05) is 4.98 Å². The third-order valence-corrected chi connectivity index (χ3v) is 4.30. The van der Waals surface area contributed by atoms with Crippen LogP contribution in [-0.4, -0.2) is 15.9 Å². The normalized spacial score (nSPS) is 16.8. The van der Waals surface area contributed by atoms with Crippen molar-refractivity contribution in [1.29, 1.82) is 0 Å².